The lowest BCUT2D eigenvalue weighted by molar-refractivity contribution is 0.366. The standard InChI is InChI=1S/C11H20/c1-5-7-9-11(8-6-2)10(3)4/h5-6,10-11H,1-2,7-9H2,3-4H3. The smallest absolute Gasteiger partial charge is 0.0322 e. The molecule has 0 aliphatic heterocycles. The summed E-state index contributed by atoms with van der Waals surface area (Å²) in [5, 5.41) is 0. The second kappa shape index (κ2) is 6.21. The van der Waals surface area contributed by atoms with Crippen LogP contribution in [0, 0.1) is 11.8 Å². The van der Waals surface area contributed by atoms with E-state index >= 15 is 0 Å². The van der Waals surface area contributed by atoms with Gasteiger partial charge in [0.25, 0.3) is 0 Å². The molecule has 0 nitrogen and oxygen atoms in total. The van der Waals surface area contributed by atoms with E-state index in [0.717, 1.165) is 24.7 Å². The van der Waals surface area contributed by atoms with Gasteiger partial charge in [0.2, 0.25) is 0 Å². The van der Waals surface area contributed by atoms with Crippen molar-refractivity contribution in [3.05, 3.63) is 25.3 Å². The summed E-state index contributed by atoms with van der Waals surface area (Å²) in [4.78, 5) is 0. The summed E-state index contributed by atoms with van der Waals surface area (Å²) in [6.45, 7) is 12.0. The van der Waals surface area contributed by atoms with E-state index in [-0.39, 0.29) is 0 Å². The molecule has 0 saturated heterocycles. The van der Waals surface area contributed by atoms with Crippen LogP contribution in [-0.2, 0) is 0 Å². The van der Waals surface area contributed by atoms with Crippen molar-refractivity contribution in [2.24, 2.45) is 11.8 Å². The summed E-state index contributed by atoms with van der Waals surface area (Å²) in [6, 6.07) is 0. The molecule has 0 spiro atoms. The highest BCUT2D eigenvalue weighted by Gasteiger charge is 2.09. The van der Waals surface area contributed by atoms with Crippen molar-refractivity contribution in [2.75, 3.05) is 0 Å². The minimum absolute atomic E-state index is 0.771. The predicted molar refractivity (Wildman–Crippen MR) is 52.6 cm³/mol. The maximum Gasteiger partial charge on any atom is -0.0322 e. The van der Waals surface area contributed by atoms with Crippen LogP contribution in [-0.4, -0.2) is 0 Å². The zero-order valence-corrected chi connectivity index (χ0v) is 7.84. The maximum atomic E-state index is 3.77. The molecule has 0 radical (unpaired) electrons. The van der Waals surface area contributed by atoms with E-state index in [4.69, 9.17) is 0 Å². The van der Waals surface area contributed by atoms with Crippen molar-refractivity contribution < 1.29 is 0 Å². The number of hydrogen-bond acceptors (Lipinski definition) is 0. The summed E-state index contributed by atoms with van der Waals surface area (Å²) in [7, 11) is 0. The Hall–Kier alpha value is -0.520. The largest absolute Gasteiger partial charge is 0.103 e. The summed E-state index contributed by atoms with van der Waals surface area (Å²) in [5.74, 6) is 1.57. The highest BCUT2D eigenvalue weighted by atomic mass is 14.1. The molecule has 1 atom stereocenters. The summed E-state index contributed by atoms with van der Waals surface area (Å²) >= 11 is 0. The molecule has 0 rings (SSSR count). The normalized spacial score (nSPS) is 13.0. The fourth-order valence-corrected chi connectivity index (χ4v) is 1.27. The SMILES string of the molecule is C=CCCC(CC=C)C(C)C. The van der Waals surface area contributed by atoms with Gasteiger partial charge in [0.1, 0.15) is 0 Å². The van der Waals surface area contributed by atoms with E-state index in [0.29, 0.717) is 0 Å². The number of hydrogen-bond donors (Lipinski definition) is 0. The van der Waals surface area contributed by atoms with Crippen LogP contribution in [0.4, 0.5) is 0 Å². The lowest BCUT2D eigenvalue weighted by Gasteiger charge is -2.17. The van der Waals surface area contributed by atoms with Crippen LogP contribution in [0.5, 0.6) is 0 Å². The van der Waals surface area contributed by atoms with Crippen molar-refractivity contribution >= 4 is 0 Å². The van der Waals surface area contributed by atoms with Crippen LogP contribution >= 0.6 is 0 Å². The lowest BCUT2D eigenvalue weighted by atomic mass is 9.88. The molecule has 0 aliphatic rings. The summed E-state index contributed by atoms with van der Waals surface area (Å²) < 4.78 is 0. The minimum atomic E-state index is 0.771. The third kappa shape index (κ3) is 4.83. The Kier molecular flexibility index (Phi) is 5.91. The molecule has 11 heavy (non-hydrogen) atoms. The Morgan fingerprint density at radius 3 is 2.18 bits per heavy atom. The highest BCUT2D eigenvalue weighted by molar-refractivity contribution is 4.78. The molecule has 0 aromatic rings. The molecule has 0 aliphatic carbocycles. The van der Waals surface area contributed by atoms with Gasteiger partial charge < -0.3 is 0 Å². The fourth-order valence-electron chi connectivity index (χ4n) is 1.27. The average molecular weight is 152 g/mol. The van der Waals surface area contributed by atoms with Crippen molar-refractivity contribution in [3.63, 3.8) is 0 Å². The molecule has 64 valence electrons. The van der Waals surface area contributed by atoms with E-state index in [1.54, 1.807) is 0 Å². The predicted octanol–water partition coefficient (Wildman–Crippen LogP) is 3.80. The van der Waals surface area contributed by atoms with Crippen molar-refractivity contribution in [3.8, 4) is 0 Å². The Morgan fingerprint density at radius 1 is 1.18 bits per heavy atom. The van der Waals surface area contributed by atoms with Gasteiger partial charge in [-0.15, -0.1) is 13.2 Å². The molecule has 0 aromatic carbocycles. The molecule has 0 bridgehead atoms. The Morgan fingerprint density at radius 2 is 1.82 bits per heavy atom. The summed E-state index contributed by atoms with van der Waals surface area (Å²) in [6.07, 6.45) is 7.56. The molecular weight excluding hydrogens is 132 g/mol. The van der Waals surface area contributed by atoms with E-state index in [1.807, 2.05) is 12.2 Å². The van der Waals surface area contributed by atoms with Crippen molar-refractivity contribution in [1.29, 1.82) is 0 Å². The molecule has 0 aromatic heterocycles. The van der Waals surface area contributed by atoms with Gasteiger partial charge in [0.15, 0.2) is 0 Å². The Bertz CT molecular complexity index is 111. The molecule has 0 heterocycles. The highest BCUT2D eigenvalue weighted by Crippen LogP contribution is 2.21. The third-order valence-corrected chi connectivity index (χ3v) is 2.15. The lowest BCUT2D eigenvalue weighted by Crippen LogP contribution is -2.06. The van der Waals surface area contributed by atoms with Gasteiger partial charge in [0, 0.05) is 0 Å². The van der Waals surface area contributed by atoms with Gasteiger partial charge in [-0.2, -0.15) is 0 Å². The quantitative estimate of drug-likeness (QED) is 0.508. The van der Waals surface area contributed by atoms with E-state index < -0.39 is 0 Å². The van der Waals surface area contributed by atoms with Gasteiger partial charge in [-0.1, -0.05) is 26.0 Å². The topological polar surface area (TPSA) is 0 Å². The molecule has 0 amide bonds. The van der Waals surface area contributed by atoms with Crippen LogP contribution in [0.15, 0.2) is 25.3 Å². The number of allylic oxidation sites excluding steroid dienone is 2. The monoisotopic (exact) mass is 152 g/mol. The zero-order chi connectivity index (χ0) is 8.69. The first-order valence-electron chi connectivity index (χ1n) is 4.44. The third-order valence-electron chi connectivity index (χ3n) is 2.15. The van der Waals surface area contributed by atoms with E-state index in [1.165, 1.54) is 6.42 Å². The molecule has 1 unspecified atom stereocenters. The first-order chi connectivity index (χ1) is 5.22. The van der Waals surface area contributed by atoms with Gasteiger partial charge in [-0.25, -0.2) is 0 Å². The average Bonchev–Trinajstić information content (AvgIpc) is 1.97. The second-order valence-electron chi connectivity index (χ2n) is 3.39. The molecule has 0 heteroatoms. The molecule has 0 fully saturated rings. The van der Waals surface area contributed by atoms with Crippen molar-refractivity contribution in [2.45, 2.75) is 33.1 Å². The maximum absolute atomic E-state index is 3.77. The van der Waals surface area contributed by atoms with Crippen LogP contribution < -0.4 is 0 Å². The first-order valence-corrected chi connectivity index (χ1v) is 4.44. The van der Waals surface area contributed by atoms with Gasteiger partial charge in [-0.05, 0) is 31.1 Å². The van der Waals surface area contributed by atoms with E-state index in [9.17, 15) is 0 Å². The molecule has 0 N–H and O–H groups in total. The van der Waals surface area contributed by atoms with Gasteiger partial charge in [0.05, 0.1) is 0 Å². The molecule has 0 saturated carbocycles. The number of rotatable bonds is 6. The van der Waals surface area contributed by atoms with Gasteiger partial charge in [-0.3, -0.25) is 0 Å². The van der Waals surface area contributed by atoms with Gasteiger partial charge >= 0.3 is 0 Å². The van der Waals surface area contributed by atoms with Crippen LogP contribution in [0.3, 0.4) is 0 Å². The fraction of sp³-hybridized carbons (Fsp3) is 0.636. The minimum Gasteiger partial charge on any atom is -0.103 e. The zero-order valence-electron chi connectivity index (χ0n) is 7.84. The van der Waals surface area contributed by atoms with Crippen LogP contribution in [0.2, 0.25) is 0 Å². The molecular formula is C11H20. The van der Waals surface area contributed by atoms with E-state index in [2.05, 4.69) is 27.0 Å². The second-order valence-corrected chi connectivity index (χ2v) is 3.39. The van der Waals surface area contributed by atoms with Crippen LogP contribution in [0.25, 0.3) is 0 Å². The van der Waals surface area contributed by atoms with Crippen molar-refractivity contribution in [1.82, 2.24) is 0 Å². The summed E-state index contributed by atoms with van der Waals surface area (Å²) in [5.41, 5.74) is 0. The first kappa shape index (κ1) is 10.5. The Labute approximate surface area is 71.0 Å². The van der Waals surface area contributed by atoms with Crippen LogP contribution in [0.1, 0.15) is 33.1 Å². The Balaban J connectivity index is 3.68.